The van der Waals surface area contributed by atoms with Crippen molar-refractivity contribution in [3.63, 3.8) is 0 Å². The van der Waals surface area contributed by atoms with Crippen LogP contribution in [0.1, 0.15) is 29.8 Å². The molecule has 0 aliphatic heterocycles. The fraction of sp³-hybridized carbons (Fsp3) is 0.103. The van der Waals surface area contributed by atoms with E-state index in [-0.39, 0.29) is 22.2 Å². The molecule has 1 aromatic heterocycles. The van der Waals surface area contributed by atoms with E-state index in [9.17, 15) is 18.8 Å². The minimum atomic E-state index is -0.671. The largest absolute Gasteiger partial charge is 0.341 e. The van der Waals surface area contributed by atoms with Crippen LogP contribution in [0.15, 0.2) is 126 Å². The smallest absolute Gasteiger partial charge is 0.272 e. The second kappa shape index (κ2) is 14.8. The van der Waals surface area contributed by atoms with Crippen LogP contribution in [-0.2, 0) is 16.1 Å². The van der Waals surface area contributed by atoms with Gasteiger partial charge >= 0.3 is 0 Å². The Morgan fingerprint density at radius 3 is 2.24 bits per heavy atom. The van der Waals surface area contributed by atoms with Crippen LogP contribution in [0.25, 0.3) is 27.9 Å². The number of benzene rings is 5. The van der Waals surface area contributed by atoms with Crippen molar-refractivity contribution < 1.29 is 18.8 Å². The van der Waals surface area contributed by atoms with Gasteiger partial charge in [-0.25, -0.2) is 4.39 Å². The summed E-state index contributed by atoms with van der Waals surface area (Å²) in [5.74, 6) is -2.00. The number of carbonyl (C=O) groups excluding carboxylic acids is 3. The number of halogens is 2. The number of rotatable bonds is 10. The standard InChI is InChI=1S/C39H32ClFN4O3S/c1-3-45-35-15-8-7-12-29(35)30-22-27(18-21-36(30)45)43-37(46)24(2)49-28-19-16-26(17-20-28)42-39(48)34(23-31-32(40)13-9-14-33(31)41)44-38(47)25-10-5-4-6-11-25/h4-24H,3H2,1-2H3,(H,42,48)(H,43,46)(H,44,47)/b34-23-. The fourth-order valence-corrected chi connectivity index (χ4v) is 6.61. The Labute approximate surface area is 292 Å². The lowest BCUT2D eigenvalue weighted by atomic mass is 10.1. The topological polar surface area (TPSA) is 92.2 Å². The van der Waals surface area contributed by atoms with Gasteiger partial charge in [-0.05, 0) is 92.7 Å². The molecule has 0 aliphatic rings. The van der Waals surface area contributed by atoms with E-state index < -0.39 is 22.9 Å². The van der Waals surface area contributed by atoms with Gasteiger partial charge in [0.15, 0.2) is 0 Å². The number of nitrogens with one attached hydrogen (secondary N) is 3. The number of thioether (sulfide) groups is 1. The third kappa shape index (κ3) is 7.53. The summed E-state index contributed by atoms with van der Waals surface area (Å²) in [4.78, 5) is 40.3. The monoisotopic (exact) mass is 690 g/mol. The molecular weight excluding hydrogens is 659 g/mol. The third-order valence-corrected chi connectivity index (χ3v) is 9.41. The van der Waals surface area contributed by atoms with E-state index in [1.807, 2.05) is 37.3 Å². The normalized spacial score (nSPS) is 12.1. The Morgan fingerprint density at radius 1 is 0.816 bits per heavy atom. The Kier molecular flexibility index (Phi) is 10.1. The molecule has 1 unspecified atom stereocenters. The van der Waals surface area contributed by atoms with Crippen LogP contribution in [0.5, 0.6) is 0 Å². The summed E-state index contributed by atoms with van der Waals surface area (Å²) < 4.78 is 16.9. The van der Waals surface area contributed by atoms with E-state index in [1.165, 1.54) is 36.0 Å². The first-order valence-corrected chi connectivity index (χ1v) is 16.9. The van der Waals surface area contributed by atoms with Crippen molar-refractivity contribution in [2.45, 2.75) is 30.5 Å². The lowest BCUT2D eigenvalue weighted by molar-refractivity contribution is -0.115. The van der Waals surface area contributed by atoms with Crippen molar-refractivity contribution in [1.82, 2.24) is 9.88 Å². The predicted molar refractivity (Wildman–Crippen MR) is 197 cm³/mol. The van der Waals surface area contributed by atoms with Crippen LogP contribution in [-0.4, -0.2) is 27.5 Å². The Hall–Kier alpha value is -5.38. The summed E-state index contributed by atoms with van der Waals surface area (Å²) in [5, 5.41) is 10.3. The summed E-state index contributed by atoms with van der Waals surface area (Å²) in [7, 11) is 0. The van der Waals surface area contributed by atoms with E-state index >= 15 is 0 Å². The van der Waals surface area contributed by atoms with Gasteiger partial charge < -0.3 is 20.5 Å². The molecule has 49 heavy (non-hydrogen) atoms. The summed E-state index contributed by atoms with van der Waals surface area (Å²) >= 11 is 7.58. The fourth-order valence-electron chi connectivity index (χ4n) is 5.52. The zero-order valence-corrected chi connectivity index (χ0v) is 28.2. The molecule has 6 aromatic rings. The maximum absolute atomic E-state index is 14.6. The number of carbonyl (C=O) groups is 3. The van der Waals surface area contributed by atoms with Gasteiger partial charge in [-0.2, -0.15) is 0 Å². The lowest BCUT2D eigenvalue weighted by Gasteiger charge is -2.14. The first-order valence-electron chi connectivity index (χ1n) is 15.6. The Balaban J connectivity index is 1.13. The van der Waals surface area contributed by atoms with Gasteiger partial charge in [-0.15, -0.1) is 11.8 Å². The van der Waals surface area contributed by atoms with Gasteiger partial charge in [-0.3, -0.25) is 14.4 Å². The molecule has 246 valence electrons. The van der Waals surface area contributed by atoms with Gasteiger partial charge in [-0.1, -0.05) is 54.1 Å². The SMILES string of the molecule is CCn1c2ccccc2c2cc(NC(=O)C(C)Sc3ccc(NC(=O)/C(=C/c4c(F)cccc4Cl)NC(=O)c4ccccc4)cc3)ccc21. The maximum Gasteiger partial charge on any atom is 0.272 e. The van der Waals surface area contributed by atoms with Crippen LogP contribution < -0.4 is 16.0 Å². The molecule has 1 heterocycles. The van der Waals surface area contributed by atoms with Gasteiger partial charge in [0.25, 0.3) is 11.8 Å². The summed E-state index contributed by atoms with van der Waals surface area (Å²) in [5.41, 5.74) is 3.54. The molecule has 6 rings (SSSR count). The molecule has 0 spiro atoms. The summed E-state index contributed by atoms with van der Waals surface area (Å²) in [6.07, 6.45) is 1.21. The molecular formula is C39H32ClFN4O3S. The molecule has 7 nitrogen and oxygen atoms in total. The number of amides is 3. The average Bonchev–Trinajstić information content (AvgIpc) is 3.43. The second-order valence-corrected chi connectivity index (χ2v) is 13.1. The number of anilines is 2. The molecule has 10 heteroatoms. The zero-order valence-electron chi connectivity index (χ0n) is 26.7. The zero-order chi connectivity index (χ0) is 34.5. The number of hydrogen-bond donors (Lipinski definition) is 3. The number of aryl methyl sites for hydroxylation is 1. The highest BCUT2D eigenvalue weighted by molar-refractivity contribution is 8.00. The van der Waals surface area contributed by atoms with E-state index in [1.54, 1.807) is 54.6 Å². The van der Waals surface area contributed by atoms with Crippen molar-refractivity contribution in [1.29, 1.82) is 0 Å². The highest BCUT2D eigenvalue weighted by atomic mass is 35.5. The first kappa shape index (κ1) is 33.5. The third-order valence-electron chi connectivity index (χ3n) is 7.97. The number of nitrogens with zero attached hydrogens (tertiary/aromatic N) is 1. The molecule has 0 fully saturated rings. The molecule has 1 atom stereocenters. The molecule has 0 radical (unpaired) electrons. The summed E-state index contributed by atoms with van der Waals surface area (Å²) in [6.45, 7) is 4.79. The van der Waals surface area contributed by atoms with Crippen molar-refractivity contribution in [3.8, 4) is 0 Å². The molecule has 5 aromatic carbocycles. The van der Waals surface area contributed by atoms with Gasteiger partial charge in [0.05, 0.1) is 10.3 Å². The van der Waals surface area contributed by atoms with E-state index in [0.29, 0.717) is 11.3 Å². The molecule has 0 saturated carbocycles. The number of hydrogen-bond acceptors (Lipinski definition) is 4. The van der Waals surface area contributed by atoms with Crippen molar-refractivity contribution in [2.24, 2.45) is 0 Å². The maximum atomic E-state index is 14.6. The van der Waals surface area contributed by atoms with Crippen molar-refractivity contribution in [2.75, 3.05) is 10.6 Å². The molecule has 3 N–H and O–H groups in total. The van der Waals surface area contributed by atoms with Crippen LogP contribution >= 0.6 is 23.4 Å². The van der Waals surface area contributed by atoms with E-state index in [2.05, 4.69) is 39.6 Å². The molecule has 0 aliphatic carbocycles. The van der Waals surface area contributed by atoms with E-state index in [4.69, 9.17) is 11.6 Å². The van der Waals surface area contributed by atoms with Crippen molar-refractivity contribution in [3.05, 3.63) is 143 Å². The van der Waals surface area contributed by atoms with Gasteiger partial charge in [0.2, 0.25) is 5.91 Å². The Morgan fingerprint density at radius 2 is 1.51 bits per heavy atom. The van der Waals surface area contributed by atoms with Crippen LogP contribution in [0.4, 0.5) is 15.8 Å². The molecule has 0 saturated heterocycles. The highest BCUT2D eigenvalue weighted by Crippen LogP contribution is 2.32. The van der Waals surface area contributed by atoms with Gasteiger partial charge in [0.1, 0.15) is 11.5 Å². The van der Waals surface area contributed by atoms with Crippen LogP contribution in [0.3, 0.4) is 0 Å². The highest BCUT2D eigenvalue weighted by Gasteiger charge is 2.19. The summed E-state index contributed by atoms with van der Waals surface area (Å²) in [6, 6.07) is 33.7. The molecule has 3 amide bonds. The second-order valence-electron chi connectivity index (χ2n) is 11.2. The first-order chi connectivity index (χ1) is 23.7. The van der Waals surface area contributed by atoms with Crippen molar-refractivity contribution >= 4 is 80.3 Å². The number of fused-ring (bicyclic) bond motifs is 3. The van der Waals surface area contributed by atoms with Crippen LogP contribution in [0, 0.1) is 5.82 Å². The average molecular weight is 691 g/mol. The molecule has 0 bridgehead atoms. The van der Waals surface area contributed by atoms with Crippen LogP contribution in [0.2, 0.25) is 5.02 Å². The minimum absolute atomic E-state index is 0.0330. The van der Waals surface area contributed by atoms with Gasteiger partial charge in [0, 0.05) is 55.7 Å². The van der Waals surface area contributed by atoms with E-state index in [0.717, 1.165) is 38.9 Å². The predicted octanol–water partition coefficient (Wildman–Crippen LogP) is 9.14. The number of para-hydroxylation sites is 1. The minimum Gasteiger partial charge on any atom is -0.341 e. The lowest BCUT2D eigenvalue weighted by Crippen LogP contribution is -2.30. The quantitative estimate of drug-likeness (QED) is 0.0988. The Bertz CT molecular complexity index is 2200. The number of aromatic nitrogens is 1.